The Balaban J connectivity index is 1.93. The van der Waals surface area contributed by atoms with Crippen molar-refractivity contribution in [2.75, 3.05) is 12.3 Å². The third-order valence-corrected chi connectivity index (χ3v) is 4.07. The Morgan fingerprint density at radius 2 is 2.20 bits per heavy atom. The molecule has 1 amide bonds. The highest BCUT2D eigenvalue weighted by molar-refractivity contribution is 14.1. The van der Waals surface area contributed by atoms with Crippen LogP contribution in [0, 0.1) is 14.9 Å². The predicted molar refractivity (Wildman–Crippen MR) is 84.2 cm³/mol. The summed E-state index contributed by atoms with van der Waals surface area (Å²) in [5.74, 6) is 0.336. The molecule has 1 fully saturated rings. The molecular weight excluding hydrogens is 369 g/mol. The van der Waals surface area contributed by atoms with Gasteiger partial charge in [-0.05, 0) is 47.6 Å². The summed E-state index contributed by atoms with van der Waals surface area (Å²) in [6.07, 6.45) is 4.43. The lowest BCUT2D eigenvalue weighted by molar-refractivity contribution is -0.123. The van der Waals surface area contributed by atoms with Crippen molar-refractivity contribution in [2.24, 2.45) is 0 Å². The van der Waals surface area contributed by atoms with E-state index in [1.54, 1.807) is 12.1 Å². The fraction of sp³-hybridized carbons (Fsp3) is 0.429. The third kappa shape index (κ3) is 3.76. The van der Waals surface area contributed by atoms with Crippen LogP contribution >= 0.6 is 22.6 Å². The summed E-state index contributed by atoms with van der Waals surface area (Å²) in [4.78, 5) is 11.8. The minimum Gasteiger partial charge on any atom is -0.480 e. The number of hydrogen-bond acceptors (Lipinski definition) is 4. The highest BCUT2D eigenvalue weighted by Gasteiger charge is 2.18. The van der Waals surface area contributed by atoms with Crippen molar-refractivity contribution in [1.82, 2.24) is 5.32 Å². The molecule has 0 radical (unpaired) electrons. The lowest BCUT2D eigenvalue weighted by atomic mass is 10.2. The second-order valence-corrected chi connectivity index (χ2v) is 5.99. The maximum Gasteiger partial charge on any atom is 0.258 e. The molecule has 106 valence electrons. The number of amides is 1. The van der Waals surface area contributed by atoms with Crippen molar-refractivity contribution in [3.8, 4) is 11.8 Å². The van der Waals surface area contributed by atoms with E-state index in [1.165, 1.54) is 12.8 Å². The van der Waals surface area contributed by atoms with E-state index in [1.807, 2.05) is 28.7 Å². The topological polar surface area (TPSA) is 88.1 Å². The largest absolute Gasteiger partial charge is 0.480 e. The molecule has 3 N–H and O–H groups in total. The van der Waals surface area contributed by atoms with E-state index < -0.39 is 0 Å². The lowest BCUT2D eigenvalue weighted by Crippen LogP contribution is -2.36. The summed E-state index contributed by atoms with van der Waals surface area (Å²) in [5.41, 5.74) is 6.69. The van der Waals surface area contributed by atoms with Crippen LogP contribution in [-0.4, -0.2) is 18.6 Å². The molecule has 0 aromatic heterocycles. The molecule has 20 heavy (non-hydrogen) atoms. The summed E-state index contributed by atoms with van der Waals surface area (Å²) in [6, 6.07) is 5.54. The molecule has 0 unspecified atom stereocenters. The predicted octanol–water partition coefficient (Wildman–Crippen LogP) is 2.18. The molecule has 6 heteroatoms. The smallest absolute Gasteiger partial charge is 0.258 e. The number of nitriles is 1. The molecule has 1 saturated carbocycles. The van der Waals surface area contributed by atoms with Crippen molar-refractivity contribution in [3.63, 3.8) is 0 Å². The SMILES string of the molecule is N#Cc1cc(N)c(OCC(=O)NC2CCCC2)c(I)c1. The Bertz CT molecular complexity index is 525. The normalized spacial score (nSPS) is 14.8. The van der Waals surface area contributed by atoms with Gasteiger partial charge in [0.1, 0.15) is 0 Å². The van der Waals surface area contributed by atoms with E-state index in [9.17, 15) is 4.79 Å². The highest BCUT2D eigenvalue weighted by atomic mass is 127. The van der Waals surface area contributed by atoms with Gasteiger partial charge in [-0.2, -0.15) is 5.26 Å². The van der Waals surface area contributed by atoms with Gasteiger partial charge in [-0.3, -0.25) is 4.79 Å². The number of nitrogen functional groups attached to an aromatic ring is 1. The van der Waals surface area contributed by atoms with Crippen molar-refractivity contribution in [3.05, 3.63) is 21.3 Å². The first-order valence-electron chi connectivity index (χ1n) is 6.51. The van der Waals surface area contributed by atoms with Gasteiger partial charge in [0.05, 0.1) is 20.9 Å². The summed E-state index contributed by atoms with van der Waals surface area (Å²) in [7, 11) is 0. The Morgan fingerprint density at radius 1 is 1.50 bits per heavy atom. The number of nitrogens with two attached hydrogens (primary N) is 1. The van der Waals surface area contributed by atoms with E-state index in [0.29, 0.717) is 17.0 Å². The standard InChI is InChI=1S/C14H16IN3O2/c15-11-5-9(7-16)6-12(17)14(11)20-8-13(19)18-10-3-1-2-4-10/h5-6,10H,1-4,8,17H2,(H,18,19). The molecule has 0 bridgehead atoms. The molecule has 5 nitrogen and oxygen atoms in total. The first-order chi connectivity index (χ1) is 9.60. The number of ether oxygens (including phenoxy) is 1. The van der Waals surface area contributed by atoms with E-state index in [0.717, 1.165) is 16.4 Å². The Hall–Kier alpha value is -1.49. The first kappa shape index (κ1) is 14.9. The number of anilines is 1. The summed E-state index contributed by atoms with van der Waals surface area (Å²) < 4.78 is 6.21. The third-order valence-electron chi connectivity index (χ3n) is 3.27. The number of carbonyl (C=O) groups excluding carboxylic acids is 1. The first-order valence-corrected chi connectivity index (χ1v) is 7.59. The maximum absolute atomic E-state index is 11.8. The van der Waals surface area contributed by atoms with Crippen LogP contribution in [0.15, 0.2) is 12.1 Å². The van der Waals surface area contributed by atoms with Crippen LogP contribution in [0.3, 0.4) is 0 Å². The average Bonchev–Trinajstić information content (AvgIpc) is 2.90. The number of nitrogens with zero attached hydrogens (tertiary/aromatic N) is 1. The van der Waals surface area contributed by atoms with Crippen LogP contribution in [0.25, 0.3) is 0 Å². The number of benzene rings is 1. The van der Waals surface area contributed by atoms with Gasteiger partial charge in [0, 0.05) is 6.04 Å². The van der Waals surface area contributed by atoms with Crippen molar-refractivity contribution in [2.45, 2.75) is 31.7 Å². The van der Waals surface area contributed by atoms with E-state index in [-0.39, 0.29) is 18.6 Å². The number of rotatable bonds is 4. The van der Waals surface area contributed by atoms with Gasteiger partial charge in [0.15, 0.2) is 12.4 Å². The molecule has 1 aliphatic rings. The second-order valence-electron chi connectivity index (χ2n) is 4.83. The Labute approximate surface area is 131 Å². The fourth-order valence-electron chi connectivity index (χ4n) is 2.31. The summed E-state index contributed by atoms with van der Waals surface area (Å²) >= 11 is 2.04. The minimum absolute atomic E-state index is 0.0530. The van der Waals surface area contributed by atoms with Crippen molar-refractivity contribution in [1.29, 1.82) is 5.26 Å². The van der Waals surface area contributed by atoms with Gasteiger partial charge in [-0.25, -0.2) is 0 Å². The van der Waals surface area contributed by atoms with Crippen LogP contribution in [0.1, 0.15) is 31.2 Å². The number of hydrogen-bond donors (Lipinski definition) is 2. The molecule has 0 saturated heterocycles. The van der Waals surface area contributed by atoms with Crippen LogP contribution in [0.2, 0.25) is 0 Å². The zero-order valence-electron chi connectivity index (χ0n) is 11.0. The summed E-state index contributed by atoms with van der Waals surface area (Å²) in [6.45, 7) is -0.0530. The van der Waals surface area contributed by atoms with Crippen LogP contribution in [0.4, 0.5) is 5.69 Å². The maximum atomic E-state index is 11.8. The molecule has 1 aliphatic carbocycles. The molecule has 0 heterocycles. The Morgan fingerprint density at radius 3 is 2.80 bits per heavy atom. The summed E-state index contributed by atoms with van der Waals surface area (Å²) in [5, 5.41) is 11.8. The molecule has 0 atom stereocenters. The average molecular weight is 385 g/mol. The van der Waals surface area contributed by atoms with Crippen molar-refractivity contribution < 1.29 is 9.53 Å². The van der Waals surface area contributed by atoms with Crippen LogP contribution in [0.5, 0.6) is 5.75 Å². The van der Waals surface area contributed by atoms with E-state index in [4.69, 9.17) is 15.7 Å². The van der Waals surface area contributed by atoms with Gasteiger partial charge in [0.25, 0.3) is 5.91 Å². The molecule has 0 spiro atoms. The highest BCUT2D eigenvalue weighted by Crippen LogP contribution is 2.29. The van der Waals surface area contributed by atoms with Gasteiger partial charge < -0.3 is 15.8 Å². The monoisotopic (exact) mass is 385 g/mol. The quantitative estimate of drug-likeness (QED) is 0.615. The molecule has 2 rings (SSSR count). The van der Waals surface area contributed by atoms with Gasteiger partial charge in [-0.15, -0.1) is 0 Å². The van der Waals surface area contributed by atoms with Crippen LogP contribution in [-0.2, 0) is 4.79 Å². The molecular formula is C14H16IN3O2. The van der Waals surface area contributed by atoms with Gasteiger partial charge in [-0.1, -0.05) is 12.8 Å². The number of carbonyl (C=O) groups is 1. The minimum atomic E-state index is -0.128. The number of nitrogens with one attached hydrogen (secondary N) is 1. The lowest BCUT2D eigenvalue weighted by Gasteiger charge is -2.14. The number of halogens is 1. The van der Waals surface area contributed by atoms with Crippen molar-refractivity contribution >= 4 is 34.2 Å². The zero-order valence-corrected chi connectivity index (χ0v) is 13.1. The fourth-order valence-corrected chi connectivity index (χ4v) is 3.11. The van der Waals surface area contributed by atoms with E-state index >= 15 is 0 Å². The molecule has 1 aromatic carbocycles. The van der Waals surface area contributed by atoms with Gasteiger partial charge >= 0.3 is 0 Å². The zero-order chi connectivity index (χ0) is 14.5. The molecule has 0 aliphatic heterocycles. The van der Waals surface area contributed by atoms with E-state index in [2.05, 4.69) is 5.32 Å². The second kappa shape index (κ2) is 6.79. The van der Waals surface area contributed by atoms with Gasteiger partial charge in [0.2, 0.25) is 0 Å². The molecule has 1 aromatic rings. The Kier molecular flexibility index (Phi) is 5.06. The van der Waals surface area contributed by atoms with Crippen LogP contribution < -0.4 is 15.8 Å².